The molecule has 0 unspecified atom stereocenters. The lowest BCUT2D eigenvalue weighted by Crippen LogP contribution is -2.31. The molecule has 0 radical (unpaired) electrons. The van der Waals surface area contributed by atoms with Gasteiger partial charge in [-0.15, -0.1) is 0 Å². The number of hydrogen-bond acceptors (Lipinski definition) is 3. The van der Waals surface area contributed by atoms with E-state index in [1.165, 1.54) is 0 Å². The standard InChI is InChI=1S/C9H14O3/c10-8-3-1-2-4-9(7-8)11-5-6-12-9/h1-7H2. The summed E-state index contributed by atoms with van der Waals surface area (Å²) in [5.41, 5.74) is 0. The van der Waals surface area contributed by atoms with Gasteiger partial charge in [0, 0.05) is 12.8 Å². The van der Waals surface area contributed by atoms with Gasteiger partial charge in [-0.05, 0) is 12.8 Å². The Morgan fingerprint density at radius 3 is 2.67 bits per heavy atom. The van der Waals surface area contributed by atoms with Gasteiger partial charge in [0.15, 0.2) is 5.79 Å². The predicted molar refractivity (Wildman–Crippen MR) is 42.7 cm³/mol. The number of ketones is 1. The Morgan fingerprint density at radius 1 is 1.17 bits per heavy atom. The van der Waals surface area contributed by atoms with Crippen LogP contribution >= 0.6 is 0 Å². The molecule has 1 heterocycles. The first-order chi connectivity index (χ1) is 5.81. The van der Waals surface area contributed by atoms with Crippen molar-refractivity contribution < 1.29 is 14.3 Å². The Hall–Kier alpha value is -0.410. The smallest absolute Gasteiger partial charge is 0.175 e. The second-order valence-corrected chi connectivity index (χ2v) is 3.53. The summed E-state index contributed by atoms with van der Waals surface area (Å²) in [4.78, 5) is 11.3. The molecule has 12 heavy (non-hydrogen) atoms. The molecule has 0 aromatic carbocycles. The van der Waals surface area contributed by atoms with Gasteiger partial charge < -0.3 is 9.47 Å². The van der Waals surface area contributed by atoms with E-state index in [9.17, 15) is 4.79 Å². The van der Waals surface area contributed by atoms with Crippen molar-refractivity contribution in [1.29, 1.82) is 0 Å². The molecule has 3 heteroatoms. The highest BCUT2D eigenvalue weighted by atomic mass is 16.7. The maximum Gasteiger partial charge on any atom is 0.175 e. The van der Waals surface area contributed by atoms with E-state index in [0.717, 1.165) is 19.3 Å². The molecule has 2 fully saturated rings. The van der Waals surface area contributed by atoms with Crippen molar-refractivity contribution in [3.8, 4) is 0 Å². The number of carbonyl (C=O) groups is 1. The molecule has 0 N–H and O–H groups in total. The highest BCUT2D eigenvalue weighted by Gasteiger charge is 2.39. The minimum absolute atomic E-state index is 0.286. The molecule has 0 aromatic heterocycles. The Morgan fingerprint density at radius 2 is 1.92 bits per heavy atom. The van der Waals surface area contributed by atoms with Crippen LogP contribution in [0.25, 0.3) is 0 Å². The van der Waals surface area contributed by atoms with Gasteiger partial charge in [0.25, 0.3) is 0 Å². The molecule has 3 nitrogen and oxygen atoms in total. The average molecular weight is 170 g/mol. The summed E-state index contributed by atoms with van der Waals surface area (Å²) >= 11 is 0. The van der Waals surface area contributed by atoms with E-state index >= 15 is 0 Å². The summed E-state index contributed by atoms with van der Waals surface area (Å²) in [6, 6.07) is 0. The second kappa shape index (κ2) is 3.15. The lowest BCUT2D eigenvalue weighted by atomic mass is 10.1. The third-order valence-corrected chi connectivity index (χ3v) is 2.54. The lowest BCUT2D eigenvalue weighted by Gasteiger charge is -2.24. The molecule has 68 valence electrons. The summed E-state index contributed by atoms with van der Waals surface area (Å²) < 4.78 is 11.0. The van der Waals surface area contributed by atoms with Crippen molar-refractivity contribution >= 4 is 5.78 Å². The van der Waals surface area contributed by atoms with Crippen molar-refractivity contribution in [2.75, 3.05) is 13.2 Å². The summed E-state index contributed by atoms with van der Waals surface area (Å²) in [6.45, 7) is 1.29. The van der Waals surface area contributed by atoms with Gasteiger partial charge in [-0.3, -0.25) is 4.79 Å². The fraction of sp³-hybridized carbons (Fsp3) is 0.889. The Bertz CT molecular complexity index is 182. The quantitative estimate of drug-likeness (QED) is 0.549. The molecule has 0 amide bonds. The largest absolute Gasteiger partial charge is 0.347 e. The molecule has 2 aliphatic rings. The summed E-state index contributed by atoms with van der Waals surface area (Å²) in [7, 11) is 0. The maximum absolute atomic E-state index is 11.3. The number of carbonyl (C=O) groups excluding carboxylic acids is 1. The Labute approximate surface area is 72.0 Å². The van der Waals surface area contributed by atoms with Gasteiger partial charge in [0.05, 0.1) is 19.6 Å². The molecular weight excluding hydrogens is 156 g/mol. The van der Waals surface area contributed by atoms with Gasteiger partial charge in [0.1, 0.15) is 5.78 Å². The zero-order valence-electron chi connectivity index (χ0n) is 7.17. The van der Waals surface area contributed by atoms with Crippen LogP contribution in [0, 0.1) is 0 Å². The van der Waals surface area contributed by atoms with Crippen molar-refractivity contribution in [2.24, 2.45) is 0 Å². The maximum atomic E-state index is 11.3. The molecule has 1 aliphatic carbocycles. The van der Waals surface area contributed by atoms with Crippen LogP contribution in [-0.4, -0.2) is 24.8 Å². The summed E-state index contributed by atoms with van der Waals surface area (Å²) in [5, 5.41) is 0. The van der Waals surface area contributed by atoms with Gasteiger partial charge in [-0.1, -0.05) is 0 Å². The Kier molecular flexibility index (Phi) is 2.15. The van der Waals surface area contributed by atoms with Crippen LogP contribution < -0.4 is 0 Å². The molecule has 1 aliphatic heterocycles. The van der Waals surface area contributed by atoms with E-state index in [2.05, 4.69) is 0 Å². The molecular formula is C9H14O3. The first-order valence-electron chi connectivity index (χ1n) is 4.60. The van der Waals surface area contributed by atoms with Gasteiger partial charge in [-0.25, -0.2) is 0 Å². The molecule has 0 atom stereocenters. The fourth-order valence-corrected chi connectivity index (χ4v) is 1.94. The molecule has 0 aromatic rings. The molecule has 2 rings (SSSR count). The Balaban J connectivity index is 2.07. The summed E-state index contributed by atoms with van der Waals surface area (Å²) in [6.07, 6.45) is 4.10. The monoisotopic (exact) mass is 170 g/mol. The fourth-order valence-electron chi connectivity index (χ4n) is 1.94. The van der Waals surface area contributed by atoms with Crippen LogP contribution in [0.2, 0.25) is 0 Å². The molecule has 1 spiro atoms. The molecule has 1 saturated heterocycles. The van der Waals surface area contributed by atoms with Crippen LogP contribution in [0.5, 0.6) is 0 Å². The SMILES string of the molecule is O=C1CCCCC2(C1)OCCO2. The van der Waals surface area contributed by atoms with E-state index in [-0.39, 0.29) is 5.78 Å². The van der Waals surface area contributed by atoms with Crippen molar-refractivity contribution in [3.63, 3.8) is 0 Å². The van der Waals surface area contributed by atoms with E-state index in [4.69, 9.17) is 9.47 Å². The van der Waals surface area contributed by atoms with Crippen molar-refractivity contribution in [1.82, 2.24) is 0 Å². The average Bonchev–Trinajstić information content (AvgIpc) is 2.39. The van der Waals surface area contributed by atoms with E-state index in [1.54, 1.807) is 0 Å². The number of rotatable bonds is 0. The van der Waals surface area contributed by atoms with E-state index in [1.807, 2.05) is 0 Å². The highest BCUT2D eigenvalue weighted by Crippen LogP contribution is 2.32. The first-order valence-corrected chi connectivity index (χ1v) is 4.60. The van der Waals surface area contributed by atoms with E-state index < -0.39 is 5.79 Å². The van der Waals surface area contributed by atoms with Crippen molar-refractivity contribution in [2.45, 2.75) is 37.9 Å². The normalized spacial score (nSPS) is 29.2. The number of ether oxygens (including phenoxy) is 2. The van der Waals surface area contributed by atoms with Crippen LogP contribution in [0.15, 0.2) is 0 Å². The zero-order valence-corrected chi connectivity index (χ0v) is 7.17. The highest BCUT2D eigenvalue weighted by molar-refractivity contribution is 5.79. The predicted octanol–water partition coefficient (Wildman–Crippen LogP) is 1.26. The van der Waals surface area contributed by atoms with Crippen LogP contribution in [-0.2, 0) is 14.3 Å². The van der Waals surface area contributed by atoms with Gasteiger partial charge >= 0.3 is 0 Å². The van der Waals surface area contributed by atoms with Gasteiger partial charge in [0.2, 0.25) is 0 Å². The minimum Gasteiger partial charge on any atom is -0.347 e. The van der Waals surface area contributed by atoms with E-state index in [0.29, 0.717) is 26.1 Å². The number of hydrogen-bond donors (Lipinski definition) is 0. The molecule has 1 saturated carbocycles. The molecule has 0 bridgehead atoms. The number of Topliss-reactive ketones (excluding diaryl/α,β-unsaturated/α-hetero) is 1. The first kappa shape index (κ1) is 8.20. The van der Waals surface area contributed by atoms with Crippen molar-refractivity contribution in [3.05, 3.63) is 0 Å². The van der Waals surface area contributed by atoms with Crippen LogP contribution in [0.1, 0.15) is 32.1 Å². The van der Waals surface area contributed by atoms with Crippen LogP contribution in [0.3, 0.4) is 0 Å². The third-order valence-electron chi connectivity index (χ3n) is 2.54. The summed E-state index contributed by atoms with van der Waals surface area (Å²) in [5.74, 6) is -0.234. The minimum atomic E-state index is -0.520. The third kappa shape index (κ3) is 1.52. The van der Waals surface area contributed by atoms with Crippen LogP contribution in [0.4, 0.5) is 0 Å². The van der Waals surface area contributed by atoms with Gasteiger partial charge in [-0.2, -0.15) is 0 Å². The second-order valence-electron chi connectivity index (χ2n) is 3.53. The lowest BCUT2D eigenvalue weighted by molar-refractivity contribution is -0.169. The zero-order chi connectivity index (χ0) is 8.44. The topological polar surface area (TPSA) is 35.5 Å².